The smallest absolute Gasteiger partial charge is 0.414 e. The van der Waals surface area contributed by atoms with E-state index in [2.05, 4.69) is 4.90 Å². The number of halogens is 2. The maximum absolute atomic E-state index is 13.2. The van der Waals surface area contributed by atoms with Crippen molar-refractivity contribution in [3.05, 3.63) is 65.7 Å². The van der Waals surface area contributed by atoms with E-state index in [-0.39, 0.29) is 10.7 Å². The van der Waals surface area contributed by atoms with Crippen LogP contribution in [-0.2, 0) is 26.2 Å². The lowest BCUT2D eigenvalue weighted by atomic mass is 10.2. The molecule has 2 aromatic rings. The van der Waals surface area contributed by atoms with Crippen LogP contribution < -0.4 is 0 Å². The minimum absolute atomic E-state index is 0.0995. The predicted molar refractivity (Wildman–Crippen MR) is 102 cm³/mol. The summed E-state index contributed by atoms with van der Waals surface area (Å²) in [5, 5.41) is 14.8. The van der Waals surface area contributed by atoms with E-state index in [1.807, 2.05) is 6.07 Å². The summed E-state index contributed by atoms with van der Waals surface area (Å²) >= 11 is 0. The van der Waals surface area contributed by atoms with Gasteiger partial charge in [0.2, 0.25) is 10.0 Å². The van der Waals surface area contributed by atoms with Crippen molar-refractivity contribution in [2.24, 2.45) is 0 Å². The topological polar surface area (TPSA) is 115 Å². The number of nitrogens with zero attached hydrogens (tertiary/aromatic N) is 2. The molecule has 1 aliphatic heterocycles. The van der Waals surface area contributed by atoms with E-state index >= 15 is 0 Å². The van der Waals surface area contributed by atoms with Gasteiger partial charge in [0.05, 0.1) is 4.90 Å². The van der Waals surface area contributed by atoms with Gasteiger partial charge in [0, 0.05) is 32.7 Å². The zero-order valence-corrected chi connectivity index (χ0v) is 16.6. The highest BCUT2D eigenvalue weighted by atomic mass is 32.2. The van der Waals surface area contributed by atoms with Gasteiger partial charge in [-0.05, 0) is 42.0 Å². The number of carboxylic acids is 2. The molecule has 0 saturated carbocycles. The molecule has 0 radical (unpaired) electrons. The summed E-state index contributed by atoms with van der Waals surface area (Å²) in [6, 6.07) is 11.3. The highest BCUT2D eigenvalue weighted by Crippen LogP contribution is 2.19. The van der Waals surface area contributed by atoms with Crippen LogP contribution in [0.2, 0.25) is 0 Å². The Labute approximate surface area is 172 Å². The Balaban J connectivity index is 0.000000469. The summed E-state index contributed by atoms with van der Waals surface area (Å²) in [5.74, 6) is -4.39. The summed E-state index contributed by atoms with van der Waals surface area (Å²) in [6.45, 7) is 2.43. The van der Waals surface area contributed by atoms with E-state index in [9.17, 15) is 17.2 Å². The van der Waals surface area contributed by atoms with E-state index in [0.29, 0.717) is 32.7 Å². The first kappa shape index (κ1) is 23.4. The Morgan fingerprint density at radius 3 is 1.93 bits per heavy atom. The molecule has 1 fully saturated rings. The molecule has 11 heteroatoms. The molecule has 1 saturated heterocycles. The van der Waals surface area contributed by atoms with Crippen LogP contribution in [0.3, 0.4) is 0 Å². The normalized spacial score (nSPS) is 15.1. The summed E-state index contributed by atoms with van der Waals surface area (Å²) in [7, 11) is -3.60. The van der Waals surface area contributed by atoms with Crippen LogP contribution >= 0.6 is 0 Å². The molecule has 2 aromatic carbocycles. The molecule has 0 amide bonds. The molecular formula is C19H20F2N2O6S. The Kier molecular flexibility index (Phi) is 7.98. The van der Waals surface area contributed by atoms with Crippen molar-refractivity contribution < 1.29 is 37.0 Å². The lowest BCUT2D eigenvalue weighted by Crippen LogP contribution is -2.48. The van der Waals surface area contributed by atoms with Crippen molar-refractivity contribution in [2.75, 3.05) is 26.2 Å². The van der Waals surface area contributed by atoms with Gasteiger partial charge in [-0.1, -0.05) is 12.1 Å². The minimum atomic E-state index is -3.60. The van der Waals surface area contributed by atoms with Crippen LogP contribution in [0.1, 0.15) is 5.56 Å². The number of rotatable bonds is 4. The number of piperazine rings is 1. The molecule has 1 heterocycles. The van der Waals surface area contributed by atoms with Crippen LogP contribution in [0, 0.1) is 11.6 Å². The van der Waals surface area contributed by atoms with E-state index in [1.165, 1.54) is 28.6 Å². The first-order valence-electron chi connectivity index (χ1n) is 8.78. The van der Waals surface area contributed by atoms with Crippen molar-refractivity contribution in [1.29, 1.82) is 0 Å². The number of carboxylic acid groups (broad SMARTS) is 2. The number of hydrogen-bond donors (Lipinski definition) is 2. The standard InChI is InChI=1S/C17H18F2N2O2S.C2H2O4/c18-15-4-6-17(7-5-15)24(22,23)21-10-8-20(9-11-21)13-14-2-1-3-16(19)12-14;3-1(4)2(5)6/h1-7,12H,8-11,13H2;(H,3,4)(H,5,6). The molecule has 0 aliphatic carbocycles. The van der Waals surface area contributed by atoms with Crippen molar-refractivity contribution in [1.82, 2.24) is 9.21 Å². The SMILES string of the molecule is O=C(O)C(=O)O.O=S(=O)(c1ccc(F)cc1)N1CCN(Cc2cccc(F)c2)CC1. The van der Waals surface area contributed by atoms with Crippen LogP contribution in [0.4, 0.5) is 8.78 Å². The molecule has 0 aromatic heterocycles. The Morgan fingerprint density at radius 2 is 1.43 bits per heavy atom. The van der Waals surface area contributed by atoms with Gasteiger partial charge in [-0.15, -0.1) is 0 Å². The van der Waals surface area contributed by atoms with E-state index in [4.69, 9.17) is 19.8 Å². The van der Waals surface area contributed by atoms with E-state index in [0.717, 1.165) is 17.7 Å². The van der Waals surface area contributed by atoms with Gasteiger partial charge in [-0.2, -0.15) is 4.31 Å². The fourth-order valence-electron chi connectivity index (χ4n) is 2.78. The van der Waals surface area contributed by atoms with Crippen LogP contribution in [0.15, 0.2) is 53.4 Å². The lowest BCUT2D eigenvalue weighted by molar-refractivity contribution is -0.159. The van der Waals surface area contributed by atoms with Crippen molar-refractivity contribution in [3.63, 3.8) is 0 Å². The molecule has 0 unspecified atom stereocenters. The highest BCUT2D eigenvalue weighted by molar-refractivity contribution is 7.89. The monoisotopic (exact) mass is 442 g/mol. The zero-order valence-electron chi connectivity index (χ0n) is 15.7. The molecule has 8 nitrogen and oxygen atoms in total. The van der Waals surface area contributed by atoms with E-state index in [1.54, 1.807) is 6.07 Å². The van der Waals surface area contributed by atoms with Crippen LogP contribution in [-0.4, -0.2) is 66.0 Å². The van der Waals surface area contributed by atoms with Gasteiger partial charge in [-0.3, -0.25) is 4.90 Å². The number of carbonyl (C=O) groups is 2. The van der Waals surface area contributed by atoms with Gasteiger partial charge < -0.3 is 10.2 Å². The first-order chi connectivity index (χ1) is 14.1. The molecule has 2 N–H and O–H groups in total. The quantitative estimate of drug-likeness (QED) is 0.692. The van der Waals surface area contributed by atoms with Crippen molar-refractivity contribution in [2.45, 2.75) is 11.4 Å². The molecule has 30 heavy (non-hydrogen) atoms. The molecular weight excluding hydrogens is 422 g/mol. The number of aliphatic carboxylic acids is 2. The lowest BCUT2D eigenvalue weighted by Gasteiger charge is -2.34. The van der Waals surface area contributed by atoms with Gasteiger partial charge in [0.25, 0.3) is 0 Å². The predicted octanol–water partition coefficient (Wildman–Crippen LogP) is 1.63. The average molecular weight is 442 g/mol. The van der Waals surface area contributed by atoms with Crippen molar-refractivity contribution >= 4 is 22.0 Å². The third-order valence-electron chi connectivity index (χ3n) is 4.26. The summed E-state index contributed by atoms with van der Waals surface area (Å²) in [4.78, 5) is 20.4. The zero-order chi connectivity index (χ0) is 22.3. The summed E-state index contributed by atoms with van der Waals surface area (Å²) in [6.07, 6.45) is 0. The molecule has 0 spiro atoms. The third-order valence-corrected chi connectivity index (χ3v) is 6.17. The fourth-order valence-corrected chi connectivity index (χ4v) is 4.20. The van der Waals surface area contributed by atoms with Gasteiger partial charge in [0.15, 0.2) is 0 Å². The van der Waals surface area contributed by atoms with E-state index < -0.39 is 27.8 Å². The molecule has 3 rings (SSSR count). The molecule has 0 atom stereocenters. The van der Waals surface area contributed by atoms with Crippen LogP contribution in [0.5, 0.6) is 0 Å². The molecule has 0 bridgehead atoms. The second-order valence-electron chi connectivity index (χ2n) is 6.37. The highest BCUT2D eigenvalue weighted by Gasteiger charge is 2.28. The Morgan fingerprint density at radius 1 is 0.867 bits per heavy atom. The number of benzene rings is 2. The second-order valence-corrected chi connectivity index (χ2v) is 8.31. The number of sulfonamides is 1. The van der Waals surface area contributed by atoms with Gasteiger partial charge in [-0.25, -0.2) is 26.8 Å². The Bertz CT molecular complexity index is 978. The second kappa shape index (κ2) is 10.2. The fraction of sp³-hybridized carbons (Fsp3) is 0.263. The van der Waals surface area contributed by atoms with Crippen LogP contribution in [0.25, 0.3) is 0 Å². The molecule has 162 valence electrons. The average Bonchev–Trinajstić information content (AvgIpc) is 2.69. The Hall–Kier alpha value is -2.89. The first-order valence-corrected chi connectivity index (χ1v) is 10.2. The van der Waals surface area contributed by atoms with Gasteiger partial charge in [0.1, 0.15) is 11.6 Å². The number of hydrogen-bond acceptors (Lipinski definition) is 5. The maximum atomic E-state index is 13.2. The largest absolute Gasteiger partial charge is 0.473 e. The minimum Gasteiger partial charge on any atom is -0.473 e. The maximum Gasteiger partial charge on any atom is 0.414 e. The van der Waals surface area contributed by atoms with Gasteiger partial charge >= 0.3 is 11.9 Å². The summed E-state index contributed by atoms with van der Waals surface area (Å²) in [5.41, 5.74) is 0.866. The summed E-state index contributed by atoms with van der Waals surface area (Å²) < 4.78 is 52.7. The molecule has 1 aliphatic rings. The third kappa shape index (κ3) is 6.58. The van der Waals surface area contributed by atoms with Crippen molar-refractivity contribution in [3.8, 4) is 0 Å².